The topological polar surface area (TPSA) is 82.8 Å². The largest absolute Gasteiger partial charge is 0.481 e. The molecule has 6 heteroatoms. The second-order valence-corrected chi connectivity index (χ2v) is 4.85. The number of nitrogens with one attached hydrogen (secondary N) is 1. The fraction of sp³-hybridized carbons (Fsp3) is 0.538. The molecule has 0 bridgehead atoms. The molecule has 0 aromatic carbocycles. The van der Waals surface area contributed by atoms with Gasteiger partial charge in [0.05, 0.1) is 18.2 Å². The summed E-state index contributed by atoms with van der Waals surface area (Å²) in [6.45, 7) is 4.06. The molecular formula is C13H18N2O4. The standard InChI is InChI=1S/C13H18N2O4/c1-8(11-4-3-7-19-11)14-13(18)15-6-5-10(9(15)2)12(16)17/h3-4,7-10H,5-6H2,1-2H3,(H,14,18)(H,16,17). The first-order valence-corrected chi connectivity index (χ1v) is 6.34. The van der Waals surface area contributed by atoms with Crippen molar-refractivity contribution in [1.82, 2.24) is 10.2 Å². The Kier molecular flexibility index (Phi) is 3.78. The van der Waals surface area contributed by atoms with E-state index >= 15 is 0 Å². The van der Waals surface area contributed by atoms with Crippen molar-refractivity contribution < 1.29 is 19.1 Å². The quantitative estimate of drug-likeness (QED) is 0.874. The molecule has 0 saturated carbocycles. The second-order valence-electron chi connectivity index (χ2n) is 4.85. The number of amides is 2. The van der Waals surface area contributed by atoms with Gasteiger partial charge in [0.25, 0.3) is 0 Å². The molecule has 1 aromatic heterocycles. The summed E-state index contributed by atoms with van der Waals surface area (Å²) >= 11 is 0. The normalized spacial score (nSPS) is 24.2. The molecule has 3 atom stereocenters. The Hall–Kier alpha value is -1.98. The molecule has 1 aromatic rings. The van der Waals surface area contributed by atoms with Gasteiger partial charge < -0.3 is 19.7 Å². The Morgan fingerprint density at radius 2 is 2.32 bits per heavy atom. The predicted octanol–water partition coefficient (Wildman–Crippen LogP) is 1.85. The number of hydrogen-bond acceptors (Lipinski definition) is 3. The molecule has 0 radical (unpaired) electrons. The van der Waals surface area contributed by atoms with Crippen LogP contribution in [0.3, 0.4) is 0 Å². The smallest absolute Gasteiger partial charge is 0.318 e. The van der Waals surface area contributed by atoms with Crippen LogP contribution in [0.25, 0.3) is 0 Å². The first kappa shape index (κ1) is 13.5. The lowest BCUT2D eigenvalue weighted by molar-refractivity contribution is -0.142. The molecular weight excluding hydrogens is 248 g/mol. The highest BCUT2D eigenvalue weighted by atomic mass is 16.4. The molecule has 6 nitrogen and oxygen atoms in total. The second kappa shape index (κ2) is 5.34. The summed E-state index contributed by atoms with van der Waals surface area (Å²) in [5.74, 6) is -0.651. The van der Waals surface area contributed by atoms with Gasteiger partial charge in [0.1, 0.15) is 5.76 Å². The number of nitrogens with zero attached hydrogens (tertiary/aromatic N) is 1. The maximum Gasteiger partial charge on any atom is 0.318 e. The first-order valence-electron chi connectivity index (χ1n) is 6.34. The van der Waals surface area contributed by atoms with Crippen LogP contribution >= 0.6 is 0 Å². The van der Waals surface area contributed by atoms with Crippen LogP contribution in [0.15, 0.2) is 22.8 Å². The van der Waals surface area contributed by atoms with Gasteiger partial charge in [-0.25, -0.2) is 4.79 Å². The van der Waals surface area contributed by atoms with Gasteiger partial charge in [-0.05, 0) is 32.4 Å². The summed E-state index contributed by atoms with van der Waals surface area (Å²) in [6.07, 6.45) is 2.05. The first-order chi connectivity index (χ1) is 9.00. The molecule has 2 N–H and O–H groups in total. The molecule has 1 aliphatic heterocycles. The fourth-order valence-corrected chi connectivity index (χ4v) is 2.43. The third kappa shape index (κ3) is 2.72. The van der Waals surface area contributed by atoms with Gasteiger partial charge in [-0.15, -0.1) is 0 Å². The number of carbonyl (C=O) groups is 2. The molecule has 2 heterocycles. The zero-order chi connectivity index (χ0) is 14.0. The molecule has 1 aliphatic rings. The molecule has 2 rings (SSSR count). The molecule has 2 amide bonds. The minimum atomic E-state index is -0.845. The van der Waals surface area contributed by atoms with Crippen molar-refractivity contribution in [2.45, 2.75) is 32.4 Å². The summed E-state index contributed by atoms with van der Waals surface area (Å²) < 4.78 is 5.22. The molecule has 19 heavy (non-hydrogen) atoms. The zero-order valence-electron chi connectivity index (χ0n) is 11.0. The molecule has 1 saturated heterocycles. The van der Waals surface area contributed by atoms with E-state index in [9.17, 15) is 9.59 Å². The number of rotatable bonds is 3. The lowest BCUT2D eigenvalue weighted by Crippen LogP contribution is -2.44. The van der Waals surface area contributed by atoms with Gasteiger partial charge in [-0.1, -0.05) is 0 Å². The molecule has 1 fully saturated rings. The Labute approximate surface area is 111 Å². The van der Waals surface area contributed by atoms with E-state index in [0.717, 1.165) is 0 Å². The number of carboxylic acids is 1. The SMILES string of the molecule is CC(NC(=O)N1CCC(C(=O)O)C1C)c1ccco1. The van der Waals surface area contributed by atoms with E-state index in [1.165, 1.54) is 0 Å². The number of carboxylic acid groups (broad SMARTS) is 1. The van der Waals surface area contributed by atoms with Gasteiger partial charge in [0, 0.05) is 12.6 Å². The molecule has 0 spiro atoms. The Morgan fingerprint density at radius 1 is 1.58 bits per heavy atom. The van der Waals surface area contributed by atoms with Crippen LogP contribution in [0.5, 0.6) is 0 Å². The maximum atomic E-state index is 12.1. The van der Waals surface area contributed by atoms with Gasteiger partial charge in [0.2, 0.25) is 0 Å². The number of urea groups is 1. The highest BCUT2D eigenvalue weighted by Gasteiger charge is 2.38. The third-order valence-corrected chi connectivity index (χ3v) is 3.64. The Morgan fingerprint density at radius 3 is 2.84 bits per heavy atom. The van der Waals surface area contributed by atoms with Crippen molar-refractivity contribution >= 4 is 12.0 Å². The molecule has 3 unspecified atom stereocenters. The van der Waals surface area contributed by atoms with E-state index in [4.69, 9.17) is 9.52 Å². The summed E-state index contributed by atoms with van der Waals surface area (Å²) in [5, 5.41) is 11.9. The fourth-order valence-electron chi connectivity index (χ4n) is 2.43. The van der Waals surface area contributed by atoms with Gasteiger partial charge in [-0.2, -0.15) is 0 Å². The van der Waals surface area contributed by atoms with E-state index < -0.39 is 11.9 Å². The van der Waals surface area contributed by atoms with Crippen LogP contribution in [0.2, 0.25) is 0 Å². The predicted molar refractivity (Wildman–Crippen MR) is 67.6 cm³/mol. The Bertz CT molecular complexity index is 457. The number of carbonyl (C=O) groups excluding carboxylic acids is 1. The van der Waals surface area contributed by atoms with E-state index in [0.29, 0.717) is 18.7 Å². The highest BCUT2D eigenvalue weighted by molar-refractivity contribution is 5.78. The van der Waals surface area contributed by atoms with Crippen LogP contribution in [-0.2, 0) is 4.79 Å². The average Bonchev–Trinajstić information content (AvgIpc) is 2.96. The van der Waals surface area contributed by atoms with E-state index in [-0.39, 0.29) is 18.1 Å². The summed E-state index contributed by atoms with van der Waals surface area (Å²) in [5.41, 5.74) is 0. The van der Waals surface area contributed by atoms with Crippen LogP contribution in [0, 0.1) is 5.92 Å². The summed E-state index contributed by atoms with van der Waals surface area (Å²) in [4.78, 5) is 24.7. The van der Waals surface area contributed by atoms with Crippen molar-refractivity contribution in [2.75, 3.05) is 6.54 Å². The minimum absolute atomic E-state index is 0.237. The molecule has 104 valence electrons. The third-order valence-electron chi connectivity index (χ3n) is 3.64. The summed E-state index contributed by atoms with van der Waals surface area (Å²) in [7, 11) is 0. The number of likely N-dealkylation sites (tertiary alicyclic amines) is 1. The van der Waals surface area contributed by atoms with Crippen molar-refractivity contribution in [3.8, 4) is 0 Å². The summed E-state index contributed by atoms with van der Waals surface area (Å²) in [6, 6.07) is 2.77. The van der Waals surface area contributed by atoms with E-state index in [1.807, 2.05) is 6.92 Å². The maximum absolute atomic E-state index is 12.1. The van der Waals surface area contributed by atoms with Crippen LogP contribution in [0.1, 0.15) is 32.1 Å². The van der Waals surface area contributed by atoms with Gasteiger partial charge >= 0.3 is 12.0 Å². The van der Waals surface area contributed by atoms with Crippen molar-refractivity contribution in [3.63, 3.8) is 0 Å². The van der Waals surface area contributed by atoms with Crippen molar-refractivity contribution in [1.29, 1.82) is 0 Å². The monoisotopic (exact) mass is 266 g/mol. The molecule has 0 aliphatic carbocycles. The van der Waals surface area contributed by atoms with Crippen LogP contribution < -0.4 is 5.32 Å². The number of aliphatic carboxylic acids is 1. The number of furan rings is 1. The van der Waals surface area contributed by atoms with E-state index in [1.54, 1.807) is 30.2 Å². The minimum Gasteiger partial charge on any atom is -0.481 e. The Balaban J connectivity index is 1.96. The lowest BCUT2D eigenvalue weighted by atomic mass is 10.0. The zero-order valence-corrected chi connectivity index (χ0v) is 11.0. The van der Waals surface area contributed by atoms with E-state index in [2.05, 4.69) is 5.32 Å². The van der Waals surface area contributed by atoms with Crippen molar-refractivity contribution in [2.24, 2.45) is 5.92 Å². The van der Waals surface area contributed by atoms with Gasteiger partial charge in [-0.3, -0.25) is 4.79 Å². The van der Waals surface area contributed by atoms with Gasteiger partial charge in [0.15, 0.2) is 0 Å². The van der Waals surface area contributed by atoms with Crippen LogP contribution in [-0.4, -0.2) is 34.6 Å². The number of hydrogen-bond donors (Lipinski definition) is 2. The van der Waals surface area contributed by atoms with Crippen molar-refractivity contribution in [3.05, 3.63) is 24.2 Å². The lowest BCUT2D eigenvalue weighted by Gasteiger charge is -2.25. The van der Waals surface area contributed by atoms with Crippen LogP contribution in [0.4, 0.5) is 4.79 Å². The average molecular weight is 266 g/mol. The highest BCUT2D eigenvalue weighted by Crippen LogP contribution is 2.25.